The topological polar surface area (TPSA) is 92.3 Å². The van der Waals surface area contributed by atoms with Crippen molar-refractivity contribution in [2.45, 2.75) is 24.2 Å². The van der Waals surface area contributed by atoms with Gasteiger partial charge < -0.3 is 0 Å². The molecule has 0 saturated heterocycles. The lowest BCUT2D eigenvalue weighted by atomic mass is 10.1. The molecule has 0 spiro atoms. The molecule has 2 aromatic carbocycles. The molecular formula is C20H21ClN4O3S3. The number of halogens is 1. The Morgan fingerprint density at radius 3 is 2.58 bits per heavy atom. The van der Waals surface area contributed by atoms with E-state index in [0.717, 1.165) is 28.3 Å². The third kappa shape index (κ3) is 6.67. The van der Waals surface area contributed by atoms with Gasteiger partial charge in [-0.15, -0.1) is 10.2 Å². The average molecular weight is 497 g/mol. The number of carbonyl (C=O) groups excluding carboxylic acids is 1. The van der Waals surface area contributed by atoms with Gasteiger partial charge in [0.2, 0.25) is 15.2 Å². The van der Waals surface area contributed by atoms with Gasteiger partial charge in [-0.25, -0.2) is 8.42 Å². The lowest BCUT2D eigenvalue weighted by Gasteiger charge is -2.22. The summed E-state index contributed by atoms with van der Waals surface area (Å²) < 4.78 is 26.7. The summed E-state index contributed by atoms with van der Waals surface area (Å²) in [4.78, 5) is 12.5. The molecule has 3 aromatic rings. The van der Waals surface area contributed by atoms with Crippen molar-refractivity contribution in [2.75, 3.05) is 21.6 Å². The first kappa shape index (κ1) is 23.5. The van der Waals surface area contributed by atoms with Gasteiger partial charge in [0, 0.05) is 16.3 Å². The van der Waals surface area contributed by atoms with Gasteiger partial charge >= 0.3 is 0 Å². The van der Waals surface area contributed by atoms with Crippen molar-refractivity contribution in [2.24, 2.45) is 0 Å². The first-order valence-electron chi connectivity index (χ1n) is 9.36. The van der Waals surface area contributed by atoms with Crippen LogP contribution in [0, 0.1) is 0 Å². The van der Waals surface area contributed by atoms with Crippen molar-refractivity contribution in [1.82, 2.24) is 10.2 Å². The van der Waals surface area contributed by atoms with Crippen LogP contribution in [-0.4, -0.2) is 36.5 Å². The number of amides is 1. The van der Waals surface area contributed by atoms with E-state index in [1.807, 2.05) is 0 Å². The maximum atomic E-state index is 12.5. The fourth-order valence-electron chi connectivity index (χ4n) is 2.64. The van der Waals surface area contributed by atoms with E-state index in [4.69, 9.17) is 11.6 Å². The van der Waals surface area contributed by atoms with Crippen LogP contribution in [0.4, 0.5) is 10.8 Å². The number of rotatable bonds is 9. The number of nitrogens with zero attached hydrogens (tertiary/aromatic N) is 3. The zero-order chi connectivity index (χ0) is 22.4. The number of benzene rings is 2. The maximum Gasteiger partial charge on any atom is 0.257 e. The van der Waals surface area contributed by atoms with Crippen LogP contribution in [0.15, 0.2) is 52.9 Å². The molecule has 164 valence electrons. The molecular weight excluding hydrogens is 476 g/mol. The van der Waals surface area contributed by atoms with E-state index >= 15 is 0 Å². The Balaban J connectivity index is 1.69. The van der Waals surface area contributed by atoms with Crippen molar-refractivity contribution in [3.8, 4) is 0 Å². The van der Waals surface area contributed by atoms with Gasteiger partial charge in [0.1, 0.15) is 0 Å². The molecule has 1 amide bonds. The summed E-state index contributed by atoms with van der Waals surface area (Å²) in [7, 11) is -3.52. The van der Waals surface area contributed by atoms with E-state index in [1.165, 1.54) is 15.6 Å². The Labute approximate surface area is 194 Å². The summed E-state index contributed by atoms with van der Waals surface area (Å²) in [6.45, 7) is 2.21. The van der Waals surface area contributed by atoms with E-state index in [0.29, 0.717) is 21.4 Å². The van der Waals surface area contributed by atoms with Crippen molar-refractivity contribution in [3.63, 3.8) is 0 Å². The van der Waals surface area contributed by atoms with Gasteiger partial charge in [-0.3, -0.25) is 14.4 Å². The van der Waals surface area contributed by atoms with Crippen LogP contribution in [0.3, 0.4) is 0 Å². The van der Waals surface area contributed by atoms with E-state index in [9.17, 15) is 13.2 Å². The summed E-state index contributed by atoms with van der Waals surface area (Å²) in [5.41, 5.74) is 1.65. The molecule has 0 unspecified atom stereocenters. The Hall–Kier alpha value is -2.14. The van der Waals surface area contributed by atoms with Crippen molar-refractivity contribution >= 4 is 61.4 Å². The number of hydrogen-bond donors (Lipinski definition) is 1. The predicted molar refractivity (Wildman–Crippen MR) is 128 cm³/mol. The zero-order valence-electron chi connectivity index (χ0n) is 16.9. The number of anilines is 2. The molecule has 0 atom stereocenters. The van der Waals surface area contributed by atoms with Crippen molar-refractivity contribution in [3.05, 3.63) is 64.7 Å². The van der Waals surface area contributed by atoms with Crippen LogP contribution < -0.4 is 9.62 Å². The summed E-state index contributed by atoms with van der Waals surface area (Å²) in [6, 6.07) is 13.4. The summed E-state index contributed by atoms with van der Waals surface area (Å²) in [5, 5.41) is 11.7. The molecule has 3 rings (SSSR count). The first-order chi connectivity index (χ1) is 14.8. The van der Waals surface area contributed by atoms with E-state index in [-0.39, 0.29) is 12.5 Å². The normalized spacial score (nSPS) is 11.3. The van der Waals surface area contributed by atoms with Crippen LogP contribution in [0.1, 0.15) is 29.3 Å². The zero-order valence-corrected chi connectivity index (χ0v) is 20.1. The molecule has 0 aliphatic carbocycles. The minimum absolute atomic E-state index is 0.121. The summed E-state index contributed by atoms with van der Waals surface area (Å²) in [5.74, 6) is 0.647. The predicted octanol–water partition coefficient (Wildman–Crippen LogP) is 4.91. The molecule has 0 radical (unpaired) electrons. The van der Waals surface area contributed by atoms with E-state index in [2.05, 4.69) is 22.4 Å². The highest BCUT2D eigenvalue weighted by Gasteiger charge is 2.18. The highest BCUT2D eigenvalue weighted by Crippen LogP contribution is 2.27. The summed E-state index contributed by atoms with van der Waals surface area (Å²) >= 11 is 8.95. The monoisotopic (exact) mass is 496 g/mol. The minimum atomic E-state index is -3.52. The molecule has 1 heterocycles. The second-order valence-electron chi connectivity index (χ2n) is 6.62. The standard InChI is InChI=1S/C20H21ClN4O3S3/c1-3-11-29-20-24-23-19(30-20)22-18(26)15-9-7-14(8-10-15)13-25(31(2,27)28)17-6-4-5-16(21)12-17/h4-10,12H,3,11,13H2,1-2H3,(H,22,23,26). The lowest BCUT2D eigenvalue weighted by Crippen LogP contribution is -2.29. The van der Waals surface area contributed by atoms with E-state index in [1.54, 1.807) is 60.3 Å². The molecule has 0 fully saturated rings. The third-order valence-electron chi connectivity index (χ3n) is 4.10. The Morgan fingerprint density at radius 1 is 1.19 bits per heavy atom. The highest BCUT2D eigenvalue weighted by molar-refractivity contribution is 8.01. The quantitative estimate of drug-likeness (QED) is 0.334. The number of aromatic nitrogens is 2. The van der Waals surface area contributed by atoms with Crippen LogP contribution in [0.25, 0.3) is 0 Å². The summed E-state index contributed by atoms with van der Waals surface area (Å²) in [6.07, 6.45) is 2.18. The second kappa shape index (κ2) is 10.4. The second-order valence-corrected chi connectivity index (χ2v) is 11.3. The lowest BCUT2D eigenvalue weighted by molar-refractivity contribution is 0.102. The average Bonchev–Trinajstić information content (AvgIpc) is 3.17. The molecule has 0 aliphatic rings. The molecule has 0 bridgehead atoms. The number of nitrogens with one attached hydrogen (secondary N) is 1. The van der Waals surface area contributed by atoms with Crippen LogP contribution in [0.2, 0.25) is 5.02 Å². The van der Waals surface area contributed by atoms with Crippen LogP contribution >= 0.6 is 34.7 Å². The number of thioether (sulfide) groups is 1. The SMILES string of the molecule is CCCSc1nnc(NC(=O)c2ccc(CN(c3cccc(Cl)c3)S(C)(=O)=O)cc2)s1. The fraction of sp³-hybridized carbons (Fsp3) is 0.250. The maximum absolute atomic E-state index is 12.5. The highest BCUT2D eigenvalue weighted by atomic mass is 35.5. The molecule has 0 aliphatic heterocycles. The Bertz CT molecular complexity index is 1150. The largest absolute Gasteiger partial charge is 0.296 e. The van der Waals surface area contributed by atoms with Crippen molar-refractivity contribution < 1.29 is 13.2 Å². The molecule has 1 N–H and O–H groups in total. The molecule has 11 heteroatoms. The van der Waals surface area contributed by atoms with Gasteiger partial charge in [0.25, 0.3) is 5.91 Å². The number of hydrogen-bond acceptors (Lipinski definition) is 7. The number of sulfonamides is 1. The molecule has 1 aromatic heterocycles. The van der Waals surface area contributed by atoms with Gasteiger partial charge in [-0.05, 0) is 42.3 Å². The van der Waals surface area contributed by atoms with Gasteiger partial charge in [0.15, 0.2) is 4.34 Å². The van der Waals surface area contributed by atoms with Crippen LogP contribution in [0.5, 0.6) is 0 Å². The van der Waals surface area contributed by atoms with E-state index < -0.39 is 10.0 Å². The Kier molecular flexibility index (Phi) is 7.93. The molecule has 0 saturated carbocycles. The smallest absolute Gasteiger partial charge is 0.257 e. The minimum Gasteiger partial charge on any atom is -0.296 e. The van der Waals surface area contributed by atoms with Crippen molar-refractivity contribution in [1.29, 1.82) is 0 Å². The van der Waals surface area contributed by atoms with Gasteiger partial charge in [-0.2, -0.15) is 0 Å². The van der Waals surface area contributed by atoms with Crippen LogP contribution in [-0.2, 0) is 16.6 Å². The Morgan fingerprint density at radius 2 is 1.94 bits per heavy atom. The fourth-order valence-corrected chi connectivity index (χ4v) is 5.37. The molecule has 7 nitrogen and oxygen atoms in total. The third-order valence-corrected chi connectivity index (χ3v) is 7.65. The van der Waals surface area contributed by atoms with Gasteiger partial charge in [-0.1, -0.05) is 59.8 Å². The molecule has 31 heavy (non-hydrogen) atoms. The first-order valence-corrected chi connectivity index (χ1v) is 13.4. The van der Waals surface area contributed by atoms with Gasteiger partial charge in [0.05, 0.1) is 18.5 Å². The number of carbonyl (C=O) groups is 1.